The second-order valence-corrected chi connectivity index (χ2v) is 6.50. The predicted octanol–water partition coefficient (Wildman–Crippen LogP) is 3.66. The molecule has 3 N–H and O–H groups in total. The van der Waals surface area contributed by atoms with E-state index in [-0.39, 0.29) is 28.1 Å². The highest BCUT2D eigenvalue weighted by Crippen LogP contribution is 2.29. The molecule has 0 saturated carbocycles. The van der Waals surface area contributed by atoms with E-state index in [1.807, 2.05) is 38.1 Å². The van der Waals surface area contributed by atoms with Crippen molar-refractivity contribution in [3.63, 3.8) is 0 Å². The first kappa shape index (κ1) is 20.6. The van der Waals surface area contributed by atoms with Crippen LogP contribution in [0.5, 0.6) is 5.75 Å². The van der Waals surface area contributed by atoms with Crippen LogP contribution in [-0.4, -0.2) is 25.6 Å². The second kappa shape index (κ2) is 9.28. The number of methoxy groups -OCH3 is 1. The number of carbonyl (C=O) groups is 2. The van der Waals surface area contributed by atoms with Crippen LogP contribution < -0.4 is 15.8 Å². The number of amides is 1. The molecule has 0 bridgehead atoms. The topological polar surface area (TPSA) is 90.7 Å². The predicted molar refractivity (Wildman–Crippen MR) is 105 cm³/mol. The molecule has 144 valence electrons. The molecular formula is C20H23ClN2O4. The van der Waals surface area contributed by atoms with Crippen LogP contribution in [-0.2, 0) is 9.53 Å². The van der Waals surface area contributed by atoms with E-state index in [1.54, 1.807) is 0 Å². The number of carbonyl (C=O) groups excluding carboxylic acids is 2. The SMILES string of the molecule is CC[C@H](NC(=O)COC(=O)c1cc(Cl)c(N)cc1OC)c1ccc(C)cc1. The lowest BCUT2D eigenvalue weighted by Crippen LogP contribution is -2.32. The number of anilines is 1. The summed E-state index contributed by atoms with van der Waals surface area (Å²) in [6.45, 7) is 3.56. The highest BCUT2D eigenvalue weighted by molar-refractivity contribution is 6.33. The Hall–Kier alpha value is -2.73. The Kier molecular flexibility index (Phi) is 7.07. The van der Waals surface area contributed by atoms with Crippen molar-refractivity contribution in [2.45, 2.75) is 26.3 Å². The molecule has 0 heterocycles. The first-order valence-electron chi connectivity index (χ1n) is 8.51. The van der Waals surface area contributed by atoms with Gasteiger partial charge in [-0.25, -0.2) is 4.79 Å². The van der Waals surface area contributed by atoms with Gasteiger partial charge < -0.3 is 20.5 Å². The van der Waals surface area contributed by atoms with Gasteiger partial charge in [0.2, 0.25) is 0 Å². The number of nitrogens with two attached hydrogens (primary N) is 1. The zero-order valence-corrected chi connectivity index (χ0v) is 16.3. The van der Waals surface area contributed by atoms with Crippen molar-refractivity contribution in [2.24, 2.45) is 0 Å². The van der Waals surface area contributed by atoms with Crippen molar-refractivity contribution < 1.29 is 19.1 Å². The summed E-state index contributed by atoms with van der Waals surface area (Å²) in [5.74, 6) is -0.878. The Bertz CT molecular complexity index is 821. The number of benzene rings is 2. The number of nitrogens with one attached hydrogen (secondary N) is 1. The molecule has 1 atom stereocenters. The first-order chi connectivity index (χ1) is 12.8. The van der Waals surface area contributed by atoms with Crippen LogP contribution in [0.15, 0.2) is 36.4 Å². The van der Waals surface area contributed by atoms with Crippen LogP contribution in [0.2, 0.25) is 5.02 Å². The van der Waals surface area contributed by atoms with Gasteiger partial charge in [-0.05, 0) is 25.0 Å². The lowest BCUT2D eigenvalue weighted by molar-refractivity contribution is -0.125. The molecular weight excluding hydrogens is 368 g/mol. The van der Waals surface area contributed by atoms with E-state index in [1.165, 1.54) is 19.2 Å². The maximum absolute atomic E-state index is 12.3. The molecule has 7 heteroatoms. The highest BCUT2D eigenvalue weighted by atomic mass is 35.5. The molecule has 6 nitrogen and oxygen atoms in total. The summed E-state index contributed by atoms with van der Waals surface area (Å²) in [4.78, 5) is 24.5. The van der Waals surface area contributed by atoms with E-state index in [2.05, 4.69) is 5.32 Å². The standard InChI is InChI=1S/C20H23ClN2O4/c1-4-17(13-7-5-12(2)6-8-13)23-19(24)11-27-20(25)14-9-15(21)16(22)10-18(14)26-3/h5-10,17H,4,11,22H2,1-3H3,(H,23,24)/t17-/m0/s1. The molecule has 0 aliphatic heterocycles. The molecule has 0 fully saturated rings. The summed E-state index contributed by atoms with van der Waals surface area (Å²) in [7, 11) is 1.40. The molecule has 2 aromatic rings. The van der Waals surface area contributed by atoms with Gasteiger partial charge in [-0.15, -0.1) is 0 Å². The molecule has 2 aromatic carbocycles. The zero-order chi connectivity index (χ0) is 20.0. The maximum atomic E-state index is 12.3. The third kappa shape index (κ3) is 5.37. The number of hydrogen-bond acceptors (Lipinski definition) is 5. The molecule has 0 aliphatic carbocycles. The van der Waals surface area contributed by atoms with Gasteiger partial charge in [-0.3, -0.25) is 4.79 Å². The Morgan fingerprint density at radius 3 is 2.48 bits per heavy atom. The molecule has 0 aliphatic rings. The lowest BCUT2D eigenvalue weighted by atomic mass is 10.0. The lowest BCUT2D eigenvalue weighted by Gasteiger charge is -2.18. The summed E-state index contributed by atoms with van der Waals surface area (Å²) in [6, 6.07) is 10.6. The minimum Gasteiger partial charge on any atom is -0.496 e. The van der Waals surface area contributed by atoms with Gasteiger partial charge >= 0.3 is 5.97 Å². The average Bonchev–Trinajstić information content (AvgIpc) is 2.66. The Morgan fingerprint density at radius 1 is 1.22 bits per heavy atom. The summed E-state index contributed by atoms with van der Waals surface area (Å²) in [6.07, 6.45) is 0.712. The molecule has 0 spiro atoms. The highest BCUT2D eigenvalue weighted by Gasteiger charge is 2.19. The number of aryl methyl sites for hydroxylation is 1. The van der Waals surface area contributed by atoms with E-state index >= 15 is 0 Å². The van der Waals surface area contributed by atoms with Crippen LogP contribution in [0.25, 0.3) is 0 Å². The Labute approximate surface area is 163 Å². The van der Waals surface area contributed by atoms with E-state index in [9.17, 15) is 9.59 Å². The molecule has 0 unspecified atom stereocenters. The third-order valence-corrected chi connectivity index (χ3v) is 4.42. The first-order valence-corrected chi connectivity index (χ1v) is 8.89. The molecule has 1 amide bonds. The molecule has 0 radical (unpaired) electrons. The van der Waals surface area contributed by atoms with Crippen LogP contribution in [0.4, 0.5) is 5.69 Å². The van der Waals surface area contributed by atoms with Gasteiger partial charge in [0.25, 0.3) is 5.91 Å². The Morgan fingerprint density at radius 2 is 1.89 bits per heavy atom. The van der Waals surface area contributed by atoms with Gasteiger partial charge in [-0.2, -0.15) is 0 Å². The van der Waals surface area contributed by atoms with Crippen molar-refractivity contribution in [2.75, 3.05) is 19.5 Å². The number of nitrogen functional groups attached to an aromatic ring is 1. The van der Waals surface area contributed by atoms with Gasteiger partial charge in [0.1, 0.15) is 11.3 Å². The average molecular weight is 391 g/mol. The fraction of sp³-hybridized carbons (Fsp3) is 0.300. The monoisotopic (exact) mass is 390 g/mol. The summed E-state index contributed by atoms with van der Waals surface area (Å²) in [5, 5.41) is 3.07. The fourth-order valence-corrected chi connectivity index (χ4v) is 2.73. The van der Waals surface area contributed by atoms with Crippen LogP contribution in [0.1, 0.15) is 40.9 Å². The molecule has 0 aromatic heterocycles. The van der Waals surface area contributed by atoms with Crippen LogP contribution >= 0.6 is 11.6 Å². The van der Waals surface area contributed by atoms with Crippen molar-refractivity contribution in [1.29, 1.82) is 0 Å². The Balaban J connectivity index is 1.99. The van der Waals surface area contributed by atoms with E-state index in [0.29, 0.717) is 6.42 Å². The third-order valence-electron chi connectivity index (χ3n) is 4.10. The van der Waals surface area contributed by atoms with Crippen LogP contribution in [0, 0.1) is 6.92 Å². The van der Waals surface area contributed by atoms with Crippen LogP contribution in [0.3, 0.4) is 0 Å². The summed E-state index contributed by atoms with van der Waals surface area (Å²) >= 11 is 5.95. The quantitative estimate of drug-likeness (QED) is 0.556. The van der Waals surface area contributed by atoms with Gasteiger partial charge in [0.05, 0.1) is 23.9 Å². The second-order valence-electron chi connectivity index (χ2n) is 6.09. The molecule has 2 rings (SSSR count). The van der Waals surface area contributed by atoms with Crippen molar-refractivity contribution in [3.8, 4) is 5.75 Å². The molecule has 0 saturated heterocycles. The maximum Gasteiger partial charge on any atom is 0.342 e. The number of esters is 1. The fourth-order valence-electron chi connectivity index (χ4n) is 2.56. The minimum absolute atomic E-state index is 0.107. The van der Waals surface area contributed by atoms with Crippen molar-refractivity contribution >= 4 is 29.2 Å². The van der Waals surface area contributed by atoms with Gasteiger partial charge in [0.15, 0.2) is 6.61 Å². The number of ether oxygens (including phenoxy) is 2. The summed E-state index contributed by atoms with van der Waals surface area (Å²) < 4.78 is 10.2. The smallest absolute Gasteiger partial charge is 0.342 e. The van der Waals surface area contributed by atoms with Crippen molar-refractivity contribution in [3.05, 3.63) is 58.1 Å². The van der Waals surface area contributed by atoms with E-state index in [0.717, 1.165) is 11.1 Å². The normalized spacial score (nSPS) is 11.6. The molecule has 27 heavy (non-hydrogen) atoms. The summed E-state index contributed by atoms with van der Waals surface area (Å²) in [5.41, 5.74) is 8.22. The van der Waals surface area contributed by atoms with Gasteiger partial charge in [-0.1, -0.05) is 48.4 Å². The number of halogens is 1. The van der Waals surface area contributed by atoms with E-state index < -0.39 is 18.5 Å². The largest absolute Gasteiger partial charge is 0.496 e. The van der Waals surface area contributed by atoms with E-state index in [4.69, 9.17) is 26.8 Å². The number of rotatable bonds is 7. The van der Waals surface area contributed by atoms with Crippen molar-refractivity contribution in [1.82, 2.24) is 5.32 Å². The van der Waals surface area contributed by atoms with Gasteiger partial charge in [0, 0.05) is 6.07 Å². The number of hydrogen-bond donors (Lipinski definition) is 2. The minimum atomic E-state index is -0.715. The zero-order valence-electron chi connectivity index (χ0n) is 15.5.